The van der Waals surface area contributed by atoms with Crippen molar-refractivity contribution in [3.63, 3.8) is 0 Å². The SMILES string of the molecule is CCNC(C=C(C)C)c1ccc2ncccc2c1. The minimum atomic E-state index is 0.282. The van der Waals surface area contributed by atoms with Gasteiger partial charge >= 0.3 is 0 Å². The molecule has 0 saturated carbocycles. The summed E-state index contributed by atoms with van der Waals surface area (Å²) in [6.07, 6.45) is 4.10. The maximum absolute atomic E-state index is 4.35. The van der Waals surface area contributed by atoms with Crippen LogP contribution in [0.15, 0.2) is 48.2 Å². The molecule has 0 saturated heterocycles. The fourth-order valence-electron chi connectivity index (χ4n) is 2.11. The molecular weight excluding hydrogens is 220 g/mol. The summed E-state index contributed by atoms with van der Waals surface area (Å²) in [6.45, 7) is 7.36. The molecule has 0 aliphatic rings. The average Bonchev–Trinajstić information content (AvgIpc) is 2.37. The fourth-order valence-corrected chi connectivity index (χ4v) is 2.11. The maximum atomic E-state index is 4.35. The lowest BCUT2D eigenvalue weighted by molar-refractivity contribution is 0.645. The van der Waals surface area contributed by atoms with Gasteiger partial charge < -0.3 is 5.32 Å². The van der Waals surface area contributed by atoms with Crippen molar-refractivity contribution >= 4 is 10.9 Å². The Morgan fingerprint density at radius 1 is 1.33 bits per heavy atom. The Balaban J connectivity index is 2.41. The number of rotatable bonds is 4. The van der Waals surface area contributed by atoms with E-state index in [1.165, 1.54) is 16.5 Å². The number of likely N-dealkylation sites (N-methyl/N-ethyl adjacent to an activating group) is 1. The van der Waals surface area contributed by atoms with Crippen molar-refractivity contribution in [3.05, 3.63) is 53.7 Å². The van der Waals surface area contributed by atoms with Crippen LogP contribution in [-0.2, 0) is 0 Å². The molecule has 1 unspecified atom stereocenters. The van der Waals surface area contributed by atoms with Crippen LogP contribution in [0.3, 0.4) is 0 Å². The zero-order valence-electron chi connectivity index (χ0n) is 11.3. The van der Waals surface area contributed by atoms with Crippen LogP contribution >= 0.6 is 0 Å². The lowest BCUT2D eigenvalue weighted by Crippen LogP contribution is -2.19. The zero-order chi connectivity index (χ0) is 13.0. The quantitative estimate of drug-likeness (QED) is 0.821. The van der Waals surface area contributed by atoms with Crippen LogP contribution < -0.4 is 5.32 Å². The summed E-state index contributed by atoms with van der Waals surface area (Å²) in [6, 6.07) is 10.8. The van der Waals surface area contributed by atoms with Crippen molar-refractivity contribution in [2.45, 2.75) is 26.8 Å². The summed E-state index contributed by atoms with van der Waals surface area (Å²) < 4.78 is 0. The largest absolute Gasteiger partial charge is 0.307 e. The first kappa shape index (κ1) is 12.8. The van der Waals surface area contributed by atoms with Gasteiger partial charge in [0.2, 0.25) is 0 Å². The topological polar surface area (TPSA) is 24.9 Å². The van der Waals surface area contributed by atoms with Gasteiger partial charge in [-0.05, 0) is 44.2 Å². The molecule has 0 amide bonds. The van der Waals surface area contributed by atoms with E-state index in [1.807, 2.05) is 12.3 Å². The van der Waals surface area contributed by atoms with Crippen LogP contribution in [0.25, 0.3) is 10.9 Å². The molecule has 94 valence electrons. The van der Waals surface area contributed by atoms with E-state index in [9.17, 15) is 0 Å². The summed E-state index contributed by atoms with van der Waals surface area (Å²) in [5.74, 6) is 0. The van der Waals surface area contributed by atoms with Gasteiger partial charge in [-0.3, -0.25) is 4.98 Å². The molecule has 18 heavy (non-hydrogen) atoms. The highest BCUT2D eigenvalue weighted by Gasteiger charge is 2.07. The molecule has 2 aromatic rings. The van der Waals surface area contributed by atoms with E-state index in [0.29, 0.717) is 0 Å². The van der Waals surface area contributed by atoms with Gasteiger partial charge in [0.05, 0.1) is 11.6 Å². The summed E-state index contributed by atoms with van der Waals surface area (Å²) in [5, 5.41) is 4.69. The van der Waals surface area contributed by atoms with Crippen LogP contribution in [0.1, 0.15) is 32.4 Å². The highest BCUT2D eigenvalue weighted by Crippen LogP contribution is 2.21. The lowest BCUT2D eigenvalue weighted by atomic mass is 10.0. The van der Waals surface area contributed by atoms with Gasteiger partial charge in [0.25, 0.3) is 0 Å². The Hall–Kier alpha value is -1.67. The Morgan fingerprint density at radius 3 is 2.89 bits per heavy atom. The number of hydrogen-bond acceptors (Lipinski definition) is 2. The van der Waals surface area contributed by atoms with E-state index < -0.39 is 0 Å². The minimum Gasteiger partial charge on any atom is -0.307 e. The molecule has 1 heterocycles. The zero-order valence-corrected chi connectivity index (χ0v) is 11.3. The molecule has 1 atom stereocenters. The second-order valence-corrected chi connectivity index (χ2v) is 4.73. The predicted molar refractivity (Wildman–Crippen MR) is 77.6 cm³/mol. The number of aromatic nitrogens is 1. The third-order valence-corrected chi connectivity index (χ3v) is 2.91. The van der Waals surface area contributed by atoms with Gasteiger partial charge in [0.15, 0.2) is 0 Å². The van der Waals surface area contributed by atoms with E-state index in [4.69, 9.17) is 0 Å². The third kappa shape index (κ3) is 2.96. The third-order valence-electron chi connectivity index (χ3n) is 2.91. The predicted octanol–water partition coefficient (Wildman–Crippen LogP) is 3.85. The highest BCUT2D eigenvalue weighted by atomic mass is 14.9. The molecule has 0 fully saturated rings. The smallest absolute Gasteiger partial charge is 0.0702 e. The lowest BCUT2D eigenvalue weighted by Gasteiger charge is -2.15. The van der Waals surface area contributed by atoms with E-state index in [2.05, 4.69) is 61.4 Å². The van der Waals surface area contributed by atoms with E-state index in [0.717, 1.165) is 12.1 Å². The van der Waals surface area contributed by atoms with Crippen molar-refractivity contribution in [2.24, 2.45) is 0 Å². The Kier molecular flexibility index (Phi) is 4.11. The molecule has 0 aliphatic heterocycles. The number of allylic oxidation sites excluding steroid dienone is 1. The van der Waals surface area contributed by atoms with Gasteiger partial charge in [-0.2, -0.15) is 0 Å². The number of fused-ring (bicyclic) bond motifs is 1. The van der Waals surface area contributed by atoms with Crippen LogP contribution in [-0.4, -0.2) is 11.5 Å². The monoisotopic (exact) mass is 240 g/mol. The Morgan fingerprint density at radius 2 is 2.17 bits per heavy atom. The van der Waals surface area contributed by atoms with Gasteiger partial charge in [-0.15, -0.1) is 0 Å². The number of nitrogens with one attached hydrogen (secondary N) is 1. The second kappa shape index (κ2) is 5.78. The van der Waals surface area contributed by atoms with E-state index in [-0.39, 0.29) is 6.04 Å². The summed E-state index contributed by atoms with van der Waals surface area (Å²) in [7, 11) is 0. The van der Waals surface area contributed by atoms with Crippen molar-refractivity contribution in [2.75, 3.05) is 6.54 Å². The molecule has 1 N–H and O–H groups in total. The van der Waals surface area contributed by atoms with Crippen molar-refractivity contribution in [3.8, 4) is 0 Å². The first-order chi connectivity index (χ1) is 8.70. The molecule has 2 heteroatoms. The Bertz CT molecular complexity index is 554. The number of pyridine rings is 1. The van der Waals surface area contributed by atoms with Gasteiger partial charge in [0, 0.05) is 11.6 Å². The normalized spacial score (nSPS) is 12.4. The molecular formula is C16H20N2. The van der Waals surface area contributed by atoms with Crippen LogP contribution in [0.4, 0.5) is 0 Å². The standard InChI is InChI=1S/C16H20N2/c1-4-17-16(10-12(2)3)14-7-8-15-13(11-14)6-5-9-18-15/h5-11,16-17H,4H2,1-3H3. The van der Waals surface area contributed by atoms with Crippen molar-refractivity contribution < 1.29 is 0 Å². The van der Waals surface area contributed by atoms with Crippen molar-refractivity contribution in [1.29, 1.82) is 0 Å². The van der Waals surface area contributed by atoms with Crippen LogP contribution in [0, 0.1) is 0 Å². The molecule has 2 nitrogen and oxygen atoms in total. The summed E-state index contributed by atoms with van der Waals surface area (Å²) in [4.78, 5) is 4.35. The number of nitrogens with zero attached hydrogens (tertiary/aromatic N) is 1. The second-order valence-electron chi connectivity index (χ2n) is 4.73. The molecule has 0 spiro atoms. The summed E-state index contributed by atoms with van der Waals surface area (Å²) in [5.41, 5.74) is 3.67. The first-order valence-electron chi connectivity index (χ1n) is 6.44. The highest BCUT2D eigenvalue weighted by molar-refractivity contribution is 5.79. The number of benzene rings is 1. The maximum Gasteiger partial charge on any atom is 0.0702 e. The molecule has 2 rings (SSSR count). The van der Waals surface area contributed by atoms with Crippen LogP contribution in [0.5, 0.6) is 0 Å². The summed E-state index contributed by atoms with van der Waals surface area (Å²) >= 11 is 0. The van der Waals surface area contributed by atoms with E-state index in [1.54, 1.807) is 0 Å². The molecule has 1 aromatic heterocycles. The first-order valence-corrected chi connectivity index (χ1v) is 6.44. The molecule has 0 aliphatic carbocycles. The van der Waals surface area contributed by atoms with Crippen LogP contribution in [0.2, 0.25) is 0 Å². The average molecular weight is 240 g/mol. The van der Waals surface area contributed by atoms with Gasteiger partial charge in [-0.1, -0.05) is 30.7 Å². The molecule has 0 bridgehead atoms. The molecule has 0 radical (unpaired) electrons. The van der Waals surface area contributed by atoms with Gasteiger partial charge in [0.1, 0.15) is 0 Å². The minimum absolute atomic E-state index is 0.282. The van der Waals surface area contributed by atoms with Crippen molar-refractivity contribution in [1.82, 2.24) is 10.3 Å². The number of hydrogen-bond donors (Lipinski definition) is 1. The fraction of sp³-hybridized carbons (Fsp3) is 0.312. The van der Waals surface area contributed by atoms with Gasteiger partial charge in [-0.25, -0.2) is 0 Å². The van der Waals surface area contributed by atoms with E-state index >= 15 is 0 Å². The Labute approximate surface area is 109 Å². The molecule has 1 aromatic carbocycles.